The summed E-state index contributed by atoms with van der Waals surface area (Å²) in [5.74, 6) is -0.917. The lowest BCUT2D eigenvalue weighted by molar-refractivity contribution is 0.0687. The van der Waals surface area contributed by atoms with Crippen molar-refractivity contribution in [3.63, 3.8) is 0 Å². The van der Waals surface area contributed by atoms with Gasteiger partial charge >= 0.3 is 5.97 Å². The highest BCUT2D eigenvalue weighted by molar-refractivity contribution is 5.88. The maximum atomic E-state index is 11.6. The molecule has 3 rings (SSSR count). The molecule has 2 heterocycles. The molecule has 0 aliphatic heterocycles. The Kier molecular flexibility index (Phi) is 3.67. The Hall–Kier alpha value is -2.62. The maximum absolute atomic E-state index is 11.6. The van der Waals surface area contributed by atoms with E-state index in [4.69, 9.17) is 0 Å². The molecule has 0 amide bonds. The SMILES string of the molecule is Cc1ccc(C)c(CCc2ccc3nccn3c2C(=O)O)c1. The van der Waals surface area contributed by atoms with Crippen LogP contribution in [0.1, 0.15) is 32.7 Å². The smallest absolute Gasteiger partial charge is 0.353 e. The summed E-state index contributed by atoms with van der Waals surface area (Å²) in [6, 6.07) is 10.1. The summed E-state index contributed by atoms with van der Waals surface area (Å²) < 4.78 is 1.64. The van der Waals surface area contributed by atoms with Gasteiger partial charge in [0.25, 0.3) is 0 Å². The van der Waals surface area contributed by atoms with Crippen LogP contribution in [0.3, 0.4) is 0 Å². The summed E-state index contributed by atoms with van der Waals surface area (Å²) in [4.78, 5) is 15.8. The number of fused-ring (bicyclic) bond motifs is 1. The van der Waals surface area contributed by atoms with E-state index >= 15 is 0 Å². The highest BCUT2D eigenvalue weighted by Gasteiger charge is 2.15. The number of carboxylic acid groups (broad SMARTS) is 1. The van der Waals surface area contributed by atoms with Crippen LogP contribution in [0.25, 0.3) is 5.65 Å². The maximum Gasteiger partial charge on any atom is 0.353 e. The number of hydrogen-bond donors (Lipinski definition) is 1. The first-order valence-electron chi connectivity index (χ1n) is 7.30. The number of carbonyl (C=O) groups is 1. The molecular formula is C18H18N2O2. The molecule has 0 fully saturated rings. The van der Waals surface area contributed by atoms with Gasteiger partial charge in [0.05, 0.1) is 0 Å². The van der Waals surface area contributed by atoms with Crippen LogP contribution in [0.5, 0.6) is 0 Å². The number of imidazole rings is 1. The van der Waals surface area contributed by atoms with E-state index < -0.39 is 5.97 Å². The molecular weight excluding hydrogens is 276 g/mol. The van der Waals surface area contributed by atoms with E-state index in [1.54, 1.807) is 16.8 Å². The topological polar surface area (TPSA) is 54.6 Å². The number of carboxylic acids is 1. The zero-order chi connectivity index (χ0) is 15.7. The largest absolute Gasteiger partial charge is 0.477 e. The number of aromatic nitrogens is 2. The van der Waals surface area contributed by atoms with Crippen molar-refractivity contribution in [2.24, 2.45) is 0 Å². The standard InChI is InChI=1S/C18H18N2O2/c1-12-3-4-13(2)15(11-12)6-5-14-7-8-16-19-9-10-20(16)17(14)18(21)22/h3-4,7-11H,5-6H2,1-2H3,(H,21,22). The van der Waals surface area contributed by atoms with Crippen LogP contribution in [0.15, 0.2) is 42.7 Å². The van der Waals surface area contributed by atoms with E-state index in [-0.39, 0.29) is 0 Å². The van der Waals surface area contributed by atoms with Gasteiger partial charge in [0.15, 0.2) is 0 Å². The molecule has 0 unspecified atom stereocenters. The van der Waals surface area contributed by atoms with E-state index in [1.807, 2.05) is 12.1 Å². The van der Waals surface area contributed by atoms with Gasteiger partial charge in [-0.25, -0.2) is 9.78 Å². The van der Waals surface area contributed by atoms with E-state index in [2.05, 4.69) is 37.0 Å². The van der Waals surface area contributed by atoms with Crippen LogP contribution in [0.2, 0.25) is 0 Å². The number of benzene rings is 1. The van der Waals surface area contributed by atoms with E-state index in [9.17, 15) is 9.90 Å². The Morgan fingerprint density at radius 3 is 2.68 bits per heavy atom. The van der Waals surface area contributed by atoms with Crippen LogP contribution < -0.4 is 0 Å². The molecule has 0 aliphatic carbocycles. The first-order valence-corrected chi connectivity index (χ1v) is 7.30. The predicted octanol–water partition coefficient (Wildman–Crippen LogP) is 3.43. The molecule has 0 radical (unpaired) electrons. The van der Waals surface area contributed by atoms with E-state index in [0.29, 0.717) is 17.8 Å². The molecule has 1 aromatic carbocycles. The normalized spacial score (nSPS) is 11.0. The molecule has 0 atom stereocenters. The minimum atomic E-state index is -0.917. The van der Waals surface area contributed by atoms with Gasteiger partial charge < -0.3 is 5.11 Å². The predicted molar refractivity (Wildman–Crippen MR) is 85.5 cm³/mol. The van der Waals surface area contributed by atoms with Crippen molar-refractivity contribution in [3.05, 3.63) is 70.7 Å². The highest BCUT2D eigenvalue weighted by Crippen LogP contribution is 2.18. The Balaban J connectivity index is 1.95. The minimum absolute atomic E-state index is 0.306. The molecule has 0 saturated heterocycles. The van der Waals surface area contributed by atoms with Gasteiger partial charge in [0, 0.05) is 12.4 Å². The quantitative estimate of drug-likeness (QED) is 0.802. The molecule has 0 saturated carbocycles. The van der Waals surface area contributed by atoms with Crippen LogP contribution in [-0.2, 0) is 12.8 Å². The summed E-state index contributed by atoms with van der Waals surface area (Å²) in [7, 11) is 0. The van der Waals surface area contributed by atoms with Crippen LogP contribution >= 0.6 is 0 Å². The van der Waals surface area contributed by atoms with Crippen molar-refractivity contribution in [1.82, 2.24) is 9.38 Å². The third-order valence-electron chi connectivity index (χ3n) is 4.02. The van der Waals surface area contributed by atoms with Crippen LogP contribution in [0, 0.1) is 13.8 Å². The van der Waals surface area contributed by atoms with Gasteiger partial charge in [-0.1, -0.05) is 29.8 Å². The summed E-state index contributed by atoms with van der Waals surface area (Å²) >= 11 is 0. The summed E-state index contributed by atoms with van der Waals surface area (Å²) in [6.07, 6.45) is 4.84. The fourth-order valence-corrected chi connectivity index (χ4v) is 2.82. The van der Waals surface area contributed by atoms with Gasteiger partial charge in [-0.15, -0.1) is 0 Å². The Labute approximate surface area is 129 Å². The molecule has 22 heavy (non-hydrogen) atoms. The Bertz CT molecular complexity index is 849. The van der Waals surface area contributed by atoms with E-state index in [1.165, 1.54) is 16.7 Å². The van der Waals surface area contributed by atoms with Gasteiger partial charge in [-0.2, -0.15) is 0 Å². The van der Waals surface area contributed by atoms with Crippen molar-refractivity contribution in [2.75, 3.05) is 0 Å². The number of aryl methyl sites for hydroxylation is 4. The minimum Gasteiger partial charge on any atom is -0.477 e. The molecule has 112 valence electrons. The van der Waals surface area contributed by atoms with Crippen molar-refractivity contribution in [2.45, 2.75) is 26.7 Å². The first-order chi connectivity index (χ1) is 10.6. The number of rotatable bonds is 4. The molecule has 0 bridgehead atoms. The Morgan fingerprint density at radius 2 is 1.91 bits per heavy atom. The molecule has 1 N–H and O–H groups in total. The van der Waals surface area contributed by atoms with Gasteiger partial charge in [0.2, 0.25) is 0 Å². The van der Waals surface area contributed by atoms with Crippen molar-refractivity contribution >= 4 is 11.6 Å². The van der Waals surface area contributed by atoms with Gasteiger partial charge in [0.1, 0.15) is 11.3 Å². The lowest BCUT2D eigenvalue weighted by Gasteiger charge is -2.11. The van der Waals surface area contributed by atoms with Crippen molar-refractivity contribution < 1.29 is 9.90 Å². The number of pyridine rings is 1. The number of nitrogens with zero attached hydrogens (tertiary/aromatic N) is 2. The lowest BCUT2D eigenvalue weighted by atomic mass is 9.98. The second kappa shape index (κ2) is 5.64. The van der Waals surface area contributed by atoms with E-state index in [0.717, 1.165) is 12.0 Å². The molecule has 3 aromatic rings. The molecule has 0 spiro atoms. The monoisotopic (exact) mass is 294 g/mol. The lowest BCUT2D eigenvalue weighted by Crippen LogP contribution is -2.10. The molecule has 2 aromatic heterocycles. The van der Waals surface area contributed by atoms with Crippen molar-refractivity contribution in [1.29, 1.82) is 0 Å². The summed E-state index contributed by atoms with van der Waals surface area (Å²) in [5.41, 5.74) is 5.53. The second-order valence-electron chi connectivity index (χ2n) is 5.60. The molecule has 4 heteroatoms. The third kappa shape index (κ3) is 2.60. The van der Waals surface area contributed by atoms with Crippen LogP contribution in [0.4, 0.5) is 0 Å². The summed E-state index contributed by atoms with van der Waals surface area (Å²) in [5, 5.41) is 9.53. The molecule has 4 nitrogen and oxygen atoms in total. The number of aromatic carboxylic acids is 1. The van der Waals surface area contributed by atoms with Crippen molar-refractivity contribution in [3.8, 4) is 0 Å². The third-order valence-corrected chi connectivity index (χ3v) is 4.02. The Morgan fingerprint density at radius 1 is 1.14 bits per heavy atom. The van der Waals surface area contributed by atoms with Crippen LogP contribution in [-0.4, -0.2) is 20.5 Å². The average molecular weight is 294 g/mol. The second-order valence-corrected chi connectivity index (χ2v) is 5.60. The van der Waals surface area contributed by atoms with Gasteiger partial charge in [-0.05, 0) is 49.4 Å². The zero-order valence-corrected chi connectivity index (χ0v) is 12.7. The average Bonchev–Trinajstić information content (AvgIpc) is 2.95. The molecule has 0 aliphatic rings. The highest BCUT2D eigenvalue weighted by atomic mass is 16.4. The number of hydrogen-bond acceptors (Lipinski definition) is 2. The summed E-state index contributed by atoms with van der Waals surface area (Å²) in [6.45, 7) is 4.16. The fraction of sp³-hybridized carbons (Fsp3) is 0.222. The zero-order valence-electron chi connectivity index (χ0n) is 12.7. The first kappa shape index (κ1) is 14.3. The fourth-order valence-electron chi connectivity index (χ4n) is 2.82. The van der Waals surface area contributed by atoms with Gasteiger partial charge in [-0.3, -0.25) is 4.40 Å².